The van der Waals surface area contributed by atoms with E-state index in [4.69, 9.17) is 14.2 Å². The molecule has 0 radical (unpaired) electrons. The van der Waals surface area contributed by atoms with Crippen LogP contribution in [-0.2, 0) is 14.8 Å². The first-order chi connectivity index (χ1) is 10.4. The summed E-state index contributed by atoms with van der Waals surface area (Å²) in [5.41, 5.74) is 0.548. The highest BCUT2D eigenvalue weighted by atomic mass is 32.2. The largest absolute Gasteiger partial charge is 0.493 e. The number of hydrogen-bond donors (Lipinski definition) is 1. The van der Waals surface area contributed by atoms with E-state index in [1.165, 1.54) is 28.4 Å². The summed E-state index contributed by atoms with van der Waals surface area (Å²) in [5.74, 6) is 0.891. The van der Waals surface area contributed by atoms with Crippen LogP contribution in [0.2, 0.25) is 0 Å². The molecule has 1 aromatic rings. The number of methoxy groups -OCH3 is 3. The van der Waals surface area contributed by atoms with Gasteiger partial charge in [0.05, 0.1) is 32.7 Å². The van der Waals surface area contributed by atoms with Crippen molar-refractivity contribution >= 4 is 10.0 Å². The van der Waals surface area contributed by atoms with E-state index in [0.717, 1.165) is 4.31 Å². The zero-order valence-corrected chi connectivity index (χ0v) is 14.1. The Morgan fingerprint density at radius 2 is 1.82 bits per heavy atom. The molecule has 1 unspecified atom stereocenters. The molecular weight excluding hydrogens is 310 g/mol. The van der Waals surface area contributed by atoms with Crippen LogP contribution in [0.15, 0.2) is 18.2 Å². The van der Waals surface area contributed by atoms with E-state index in [-0.39, 0.29) is 18.9 Å². The predicted octanol–water partition coefficient (Wildman–Crippen LogP) is 0.645. The highest BCUT2D eigenvalue weighted by Gasteiger charge is 2.22. The van der Waals surface area contributed by atoms with Crippen molar-refractivity contribution in [2.24, 2.45) is 0 Å². The Kier molecular flexibility index (Phi) is 7.08. The van der Waals surface area contributed by atoms with Crippen molar-refractivity contribution in [1.82, 2.24) is 4.31 Å². The van der Waals surface area contributed by atoms with Crippen molar-refractivity contribution < 1.29 is 27.7 Å². The van der Waals surface area contributed by atoms with Crippen LogP contribution >= 0.6 is 0 Å². The number of rotatable bonds is 9. The molecule has 0 aromatic heterocycles. The number of hydrogen-bond acceptors (Lipinski definition) is 6. The maximum absolute atomic E-state index is 12.0. The van der Waals surface area contributed by atoms with Gasteiger partial charge in [0.1, 0.15) is 0 Å². The average Bonchev–Trinajstić information content (AvgIpc) is 2.51. The molecule has 1 N–H and O–H groups in total. The summed E-state index contributed by atoms with van der Waals surface area (Å²) in [6, 6.07) is 4.96. The number of benzene rings is 1. The van der Waals surface area contributed by atoms with Gasteiger partial charge in [0.15, 0.2) is 11.5 Å². The highest BCUT2D eigenvalue weighted by molar-refractivity contribution is 7.89. The maximum atomic E-state index is 12.0. The van der Waals surface area contributed by atoms with Gasteiger partial charge in [-0.3, -0.25) is 0 Å². The first kappa shape index (κ1) is 18.7. The summed E-state index contributed by atoms with van der Waals surface area (Å²) in [4.78, 5) is 0. The molecule has 0 aliphatic carbocycles. The molecule has 0 saturated carbocycles. The van der Waals surface area contributed by atoms with Gasteiger partial charge >= 0.3 is 0 Å². The molecule has 8 heteroatoms. The fourth-order valence-corrected chi connectivity index (χ4v) is 2.92. The normalized spacial score (nSPS) is 13.2. The van der Waals surface area contributed by atoms with E-state index < -0.39 is 16.1 Å². The lowest BCUT2D eigenvalue weighted by molar-refractivity contribution is 0.153. The SMILES string of the molecule is COCCS(=O)(=O)N(C)CC(O)c1ccc(OC)c(OC)c1. The van der Waals surface area contributed by atoms with Gasteiger partial charge < -0.3 is 19.3 Å². The Morgan fingerprint density at radius 1 is 1.18 bits per heavy atom. The van der Waals surface area contributed by atoms with Crippen LogP contribution in [0.5, 0.6) is 11.5 Å². The van der Waals surface area contributed by atoms with Gasteiger partial charge in [0.2, 0.25) is 10.0 Å². The van der Waals surface area contributed by atoms with Crippen LogP contribution in [0.3, 0.4) is 0 Å². The minimum absolute atomic E-state index is 0.0540. The van der Waals surface area contributed by atoms with Crippen molar-refractivity contribution in [3.63, 3.8) is 0 Å². The Morgan fingerprint density at radius 3 is 2.36 bits per heavy atom. The quantitative estimate of drug-likeness (QED) is 0.714. The molecule has 0 aliphatic rings. The second-order valence-corrected chi connectivity index (χ2v) is 6.91. The summed E-state index contributed by atoms with van der Waals surface area (Å²) in [5, 5.41) is 10.2. The van der Waals surface area contributed by atoms with Gasteiger partial charge in [-0.05, 0) is 17.7 Å². The van der Waals surface area contributed by atoms with Gasteiger partial charge in [-0.15, -0.1) is 0 Å². The molecule has 0 amide bonds. The predicted molar refractivity (Wildman–Crippen MR) is 82.8 cm³/mol. The van der Waals surface area contributed by atoms with Gasteiger partial charge in [0, 0.05) is 20.7 Å². The van der Waals surface area contributed by atoms with E-state index in [2.05, 4.69) is 0 Å². The van der Waals surface area contributed by atoms with Crippen molar-refractivity contribution in [2.75, 3.05) is 47.3 Å². The van der Waals surface area contributed by atoms with E-state index in [9.17, 15) is 13.5 Å². The third-order valence-corrected chi connectivity index (χ3v) is 5.02. The summed E-state index contributed by atoms with van der Waals surface area (Å²) in [6.45, 7) is 0.0562. The Labute approximate surface area is 131 Å². The monoisotopic (exact) mass is 333 g/mol. The summed E-state index contributed by atoms with van der Waals surface area (Å²) in [6.07, 6.45) is -0.970. The first-order valence-electron chi connectivity index (χ1n) is 6.68. The average molecular weight is 333 g/mol. The molecule has 1 rings (SSSR count). The standard InChI is InChI=1S/C14H23NO6S/c1-15(22(17,18)8-7-19-2)10-12(16)11-5-6-13(20-3)14(9-11)21-4/h5-6,9,12,16H,7-8,10H2,1-4H3. The number of nitrogens with zero attached hydrogens (tertiary/aromatic N) is 1. The number of aliphatic hydroxyl groups excluding tert-OH is 1. The van der Waals surface area contributed by atoms with E-state index in [0.29, 0.717) is 17.1 Å². The van der Waals surface area contributed by atoms with Crippen LogP contribution in [0.1, 0.15) is 11.7 Å². The third kappa shape index (κ3) is 4.84. The minimum atomic E-state index is -3.46. The molecule has 0 aliphatic heterocycles. The van der Waals surface area contributed by atoms with Crippen LogP contribution in [-0.4, -0.2) is 65.1 Å². The van der Waals surface area contributed by atoms with E-state index in [1.54, 1.807) is 18.2 Å². The molecule has 7 nitrogen and oxygen atoms in total. The molecule has 1 atom stereocenters. The Balaban J connectivity index is 2.82. The smallest absolute Gasteiger partial charge is 0.216 e. The zero-order chi connectivity index (χ0) is 16.8. The summed E-state index contributed by atoms with van der Waals surface area (Å²) >= 11 is 0. The van der Waals surface area contributed by atoms with Crippen molar-refractivity contribution in [3.05, 3.63) is 23.8 Å². The van der Waals surface area contributed by atoms with Crippen molar-refractivity contribution in [2.45, 2.75) is 6.10 Å². The fraction of sp³-hybridized carbons (Fsp3) is 0.571. The van der Waals surface area contributed by atoms with Crippen LogP contribution in [0.25, 0.3) is 0 Å². The van der Waals surface area contributed by atoms with Gasteiger partial charge in [-0.1, -0.05) is 6.07 Å². The molecular formula is C14H23NO6S. The molecule has 22 heavy (non-hydrogen) atoms. The summed E-state index contributed by atoms with van der Waals surface area (Å²) < 4.78 is 40.1. The number of sulfonamides is 1. The summed E-state index contributed by atoms with van der Waals surface area (Å²) in [7, 11) is 2.42. The molecule has 1 aromatic carbocycles. The van der Waals surface area contributed by atoms with Crippen LogP contribution < -0.4 is 9.47 Å². The van der Waals surface area contributed by atoms with Gasteiger partial charge in [-0.2, -0.15) is 0 Å². The molecule has 0 heterocycles. The molecule has 0 fully saturated rings. The molecule has 0 spiro atoms. The highest BCUT2D eigenvalue weighted by Crippen LogP contribution is 2.30. The fourth-order valence-electron chi connectivity index (χ4n) is 1.87. The molecule has 126 valence electrons. The second-order valence-electron chi connectivity index (χ2n) is 4.72. The van der Waals surface area contributed by atoms with E-state index in [1.807, 2.05) is 0 Å². The Hall–Kier alpha value is -1.35. The Bertz CT molecular complexity index is 575. The lowest BCUT2D eigenvalue weighted by Crippen LogP contribution is -2.34. The molecule has 0 saturated heterocycles. The van der Waals surface area contributed by atoms with Crippen molar-refractivity contribution in [1.29, 1.82) is 0 Å². The third-order valence-electron chi connectivity index (χ3n) is 3.24. The number of ether oxygens (including phenoxy) is 3. The van der Waals surface area contributed by atoms with Gasteiger partial charge in [0.25, 0.3) is 0 Å². The van der Waals surface area contributed by atoms with Crippen LogP contribution in [0, 0.1) is 0 Å². The lowest BCUT2D eigenvalue weighted by Gasteiger charge is -2.21. The first-order valence-corrected chi connectivity index (χ1v) is 8.29. The number of aliphatic hydroxyl groups is 1. The maximum Gasteiger partial charge on any atom is 0.216 e. The van der Waals surface area contributed by atoms with Crippen LogP contribution in [0.4, 0.5) is 0 Å². The van der Waals surface area contributed by atoms with Crippen molar-refractivity contribution in [3.8, 4) is 11.5 Å². The second kappa shape index (κ2) is 8.33. The number of likely N-dealkylation sites (N-methyl/N-ethyl adjacent to an activating group) is 1. The van der Waals surface area contributed by atoms with E-state index >= 15 is 0 Å². The lowest BCUT2D eigenvalue weighted by atomic mass is 10.1. The van der Waals surface area contributed by atoms with Gasteiger partial charge in [-0.25, -0.2) is 12.7 Å². The minimum Gasteiger partial charge on any atom is -0.493 e. The molecule has 0 bridgehead atoms. The zero-order valence-electron chi connectivity index (χ0n) is 13.3. The topological polar surface area (TPSA) is 85.3 Å².